The van der Waals surface area contributed by atoms with Crippen LogP contribution in [0.3, 0.4) is 0 Å². The number of sulfonamides is 1. The van der Waals surface area contributed by atoms with E-state index in [4.69, 9.17) is 0 Å². The Hall–Kier alpha value is -1.96. The number of fused-ring (bicyclic) bond motifs is 1. The van der Waals surface area contributed by atoms with Gasteiger partial charge in [0.05, 0.1) is 10.9 Å². The second kappa shape index (κ2) is 7.11. The van der Waals surface area contributed by atoms with Crippen molar-refractivity contribution >= 4 is 27.3 Å². The Morgan fingerprint density at radius 1 is 1.44 bits per heavy atom. The molecule has 1 atom stereocenters. The maximum Gasteiger partial charge on any atom is 0.254 e. The molecule has 2 aromatic rings. The first-order valence-electron chi connectivity index (χ1n) is 8.02. The van der Waals surface area contributed by atoms with Crippen molar-refractivity contribution in [2.24, 2.45) is 0 Å². The van der Waals surface area contributed by atoms with Gasteiger partial charge in [-0.25, -0.2) is 13.1 Å². The second-order valence-electron chi connectivity index (χ2n) is 5.89. The summed E-state index contributed by atoms with van der Waals surface area (Å²) in [7, 11) is -3.65. The van der Waals surface area contributed by atoms with Gasteiger partial charge in [-0.3, -0.25) is 4.79 Å². The average Bonchev–Trinajstić information content (AvgIpc) is 3.09. The van der Waals surface area contributed by atoms with Crippen molar-refractivity contribution in [1.29, 1.82) is 0 Å². The van der Waals surface area contributed by atoms with E-state index in [0.29, 0.717) is 12.1 Å². The van der Waals surface area contributed by atoms with Crippen molar-refractivity contribution in [3.8, 4) is 0 Å². The molecule has 0 aliphatic carbocycles. The van der Waals surface area contributed by atoms with E-state index in [-0.39, 0.29) is 23.4 Å². The standard InChI is InChI=1S/C18H20N2O3S2/c1-3-9-19-25(22,23)15-6-4-5-14(12-15)18(21)20-10-7-17-16(13(20)2)8-11-24-17/h3-6,8,11-13,19H,1,7,9-10H2,2H3. The molecular formula is C18H20N2O3S2. The fraction of sp³-hybridized carbons (Fsp3) is 0.278. The van der Waals surface area contributed by atoms with Gasteiger partial charge in [-0.15, -0.1) is 17.9 Å². The maximum atomic E-state index is 12.9. The van der Waals surface area contributed by atoms with Crippen LogP contribution in [0.4, 0.5) is 0 Å². The highest BCUT2D eigenvalue weighted by Crippen LogP contribution is 2.33. The van der Waals surface area contributed by atoms with Crippen molar-refractivity contribution < 1.29 is 13.2 Å². The minimum Gasteiger partial charge on any atom is -0.331 e. The van der Waals surface area contributed by atoms with Crippen LogP contribution < -0.4 is 4.72 Å². The lowest BCUT2D eigenvalue weighted by molar-refractivity contribution is 0.0679. The number of benzene rings is 1. The first-order chi connectivity index (χ1) is 11.9. The molecule has 0 fully saturated rings. The topological polar surface area (TPSA) is 66.5 Å². The van der Waals surface area contributed by atoms with Crippen molar-refractivity contribution in [2.75, 3.05) is 13.1 Å². The van der Waals surface area contributed by atoms with Gasteiger partial charge in [-0.2, -0.15) is 0 Å². The van der Waals surface area contributed by atoms with Crippen LogP contribution >= 0.6 is 11.3 Å². The van der Waals surface area contributed by atoms with Gasteiger partial charge < -0.3 is 4.90 Å². The van der Waals surface area contributed by atoms with Gasteiger partial charge in [0.25, 0.3) is 5.91 Å². The Morgan fingerprint density at radius 3 is 3.00 bits per heavy atom. The Labute approximate surface area is 152 Å². The van der Waals surface area contributed by atoms with E-state index >= 15 is 0 Å². The molecule has 1 aliphatic heterocycles. The molecule has 7 heteroatoms. The Balaban J connectivity index is 1.86. The fourth-order valence-electron chi connectivity index (χ4n) is 3.00. The molecule has 132 valence electrons. The van der Waals surface area contributed by atoms with E-state index in [0.717, 1.165) is 6.42 Å². The van der Waals surface area contributed by atoms with Crippen LogP contribution in [-0.4, -0.2) is 32.3 Å². The van der Waals surface area contributed by atoms with Gasteiger partial charge in [0, 0.05) is 23.5 Å². The van der Waals surface area contributed by atoms with Crippen LogP contribution in [0.2, 0.25) is 0 Å². The van der Waals surface area contributed by atoms with Crippen molar-refractivity contribution in [1.82, 2.24) is 9.62 Å². The number of nitrogens with zero attached hydrogens (tertiary/aromatic N) is 1. The summed E-state index contributed by atoms with van der Waals surface area (Å²) < 4.78 is 26.9. The molecule has 0 saturated carbocycles. The number of hydrogen-bond donors (Lipinski definition) is 1. The SMILES string of the molecule is C=CCNS(=O)(=O)c1cccc(C(=O)N2CCc3sccc3C2C)c1. The lowest BCUT2D eigenvalue weighted by Crippen LogP contribution is -2.38. The molecule has 1 N–H and O–H groups in total. The number of hydrogen-bond acceptors (Lipinski definition) is 4. The third-order valence-electron chi connectivity index (χ3n) is 4.35. The third-order valence-corrected chi connectivity index (χ3v) is 6.76. The summed E-state index contributed by atoms with van der Waals surface area (Å²) in [5, 5.41) is 2.05. The summed E-state index contributed by atoms with van der Waals surface area (Å²) in [4.78, 5) is 16.1. The highest BCUT2D eigenvalue weighted by molar-refractivity contribution is 7.89. The van der Waals surface area contributed by atoms with E-state index in [9.17, 15) is 13.2 Å². The van der Waals surface area contributed by atoms with Crippen LogP contribution in [0.15, 0.2) is 53.3 Å². The highest BCUT2D eigenvalue weighted by Gasteiger charge is 2.29. The largest absolute Gasteiger partial charge is 0.331 e. The van der Waals surface area contributed by atoms with E-state index in [1.54, 1.807) is 28.4 Å². The Bertz CT molecular complexity index is 903. The minimum absolute atomic E-state index is 0.0124. The highest BCUT2D eigenvalue weighted by atomic mass is 32.2. The third kappa shape index (κ3) is 3.53. The summed E-state index contributed by atoms with van der Waals surface area (Å²) in [5.41, 5.74) is 1.56. The minimum atomic E-state index is -3.65. The van der Waals surface area contributed by atoms with Crippen LogP contribution in [0.1, 0.15) is 33.8 Å². The maximum absolute atomic E-state index is 12.9. The Morgan fingerprint density at radius 2 is 2.24 bits per heavy atom. The van der Waals surface area contributed by atoms with Crippen molar-refractivity contribution in [3.05, 3.63) is 64.4 Å². The monoisotopic (exact) mass is 376 g/mol. The van der Waals surface area contributed by atoms with Gasteiger partial charge in [-0.05, 0) is 48.6 Å². The zero-order valence-corrected chi connectivity index (χ0v) is 15.6. The smallest absolute Gasteiger partial charge is 0.254 e. The summed E-state index contributed by atoms with van der Waals surface area (Å²) in [6, 6.07) is 8.22. The van der Waals surface area contributed by atoms with E-state index < -0.39 is 10.0 Å². The van der Waals surface area contributed by atoms with Gasteiger partial charge in [0.2, 0.25) is 10.0 Å². The first-order valence-corrected chi connectivity index (χ1v) is 10.4. The molecule has 1 unspecified atom stereocenters. The molecule has 1 aromatic carbocycles. The zero-order valence-electron chi connectivity index (χ0n) is 13.9. The van der Waals surface area contributed by atoms with E-state index in [1.165, 1.54) is 28.6 Å². The molecule has 1 aliphatic rings. The number of nitrogens with one attached hydrogen (secondary N) is 1. The number of thiophene rings is 1. The molecule has 1 aromatic heterocycles. The molecule has 0 saturated heterocycles. The van der Waals surface area contributed by atoms with Crippen LogP contribution in [0.25, 0.3) is 0 Å². The van der Waals surface area contributed by atoms with E-state index in [2.05, 4.69) is 17.4 Å². The predicted molar refractivity (Wildman–Crippen MR) is 99.3 cm³/mol. The van der Waals surface area contributed by atoms with Gasteiger partial charge in [0.15, 0.2) is 0 Å². The first kappa shape index (κ1) is 17.8. The molecule has 0 radical (unpaired) electrons. The lowest BCUT2D eigenvalue weighted by Gasteiger charge is -2.33. The fourth-order valence-corrected chi connectivity index (χ4v) is 5.01. The summed E-state index contributed by atoms with van der Waals surface area (Å²) in [6.07, 6.45) is 2.31. The molecule has 5 nitrogen and oxygen atoms in total. The number of carbonyl (C=O) groups is 1. The van der Waals surface area contributed by atoms with Crippen molar-refractivity contribution in [2.45, 2.75) is 24.3 Å². The summed E-state index contributed by atoms with van der Waals surface area (Å²) in [5.74, 6) is -0.148. The molecule has 2 heterocycles. The molecule has 0 spiro atoms. The van der Waals surface area contributed by atoms with Gasteiger partial charge >= 0.3 is 0 Å². The van der Waals surface area contributed by atoms with Crippen LogP contribution in [0.5, 0.6) is 0 Å². The van der Waals surface area contributed by atoms with E-state index in [1.807, 2.05) is 12.3 Å². The molecule has 3 rings (SSSR count). The molecular weight excluding hydrogens is 356 g/mol. The van der Waals surface area contributed by atoms with Gasteiger partial charge in [0.1, 0.15) is 0 Å². The average molecular weight is 377 g/mol. The predicted octanol–water partition coefficient (Wildman–Crippen LogP) is 2.97. The quantitative estimate of drug-likeness (QED) is 0.816. The van der Waals surface area contributed by atoms with Gasteiger partial charge in [-0.1, -0.05) is 12.1 Å². The Kier molecular flexibility index (Phi) is 5.08. The molecule has 1 amide bonds. The van der Waals surface area contributed by atoms with Crippen LogP contribution in [-0.2, 0) is 16.4 Å². The summed E-state index contributed by atoms with van der Waals surface area (Å²) in [6.45, 7) is 6.29. The number of rotatable bonds is 5. The summed E-state index contributed by atoms with van der Waals surface area (Å²) >= 11 is 1.72. The zero-order chi connectivity index (χ0) is 18.0. The van der Waals surface area contributed by atoms with Crippen molar-refractivity contribution in [3.63, 3.8) is 0 Å². The normalized spacial score (nSPS) is 17.2. The second-order valence-corrected chi connectivity index (χ2v) is 8.66. The molecule has 25 heavy (non-hydrogen) atoms. The lowest BCUT2D eigenvalue weighted by atomic mass is 10.0. The molecule has 0 bridgehead atoms. The number of carbonyl (C=O) groups excluding carboxylic acids is 1. The number of amides is 1. The van der Waals surface area contributed by atoms with Crippen LogP contribution in [0, 0.1) is 0 Å².